The van der Waals surface area contributed by atoms with Crippen LogP contribution in [-0.4, -0.2) is 49.2 Å². The van der Waals surface area contributed by atoms with Crippen LogP contribution in [0.1, 0.15) is 25.7 Å². The van der Waals surface area contributed by atoms with E-state index in [1.54, 1.807) is 20.5 Å². The highest BCUT2D eigenvalue weighted by atomic mass is 16.5. The molecule has 2 fully saturated rings. The number of rotatable bonds is 5. The van der Waals surface area contributed by atoms with Crippen molar-refractivity contribution in [2.45, 2.75) is 31.7 Å². The number of benzene rings is 1. The molecule has 0 bridgehead atoms. The van der Waals surface area contributed by atoms with Crippen molar-refractivity contribution in [2.75, 3.05) is 32.2 Å². The topological polar surface area (TPSA) is 76.6 Å². The molecule has 4 rings (SSSR count). The van der Waals surface area contributed by atoms with Gasteiger partial charge >= 0.3 is 0 Å². The van der Waals surface area contributed by atoms with Crippen molar-refractivity contribution in [1.82, 2.24) is 15.3 Å². The van der Waals surface area contributed by atoms with Crippen LogP contribution >= 0.6 is 0 Å². The van der Waals surface area contributed by atoms with Gasteiger partial charge in [0.1, 0.15) is 12.1 Å². The maximum atomic E-state index is 12.1. The van der Waals surface area contributed by atoms with Crippen LogP contribution in [0, 0.1) is 5.92 Å². The second-order valence-electron chi connectivity index (χ2n) is 6.99. The Morgan fingerprint density at radius 2 is 1.92 bits per heavy atom. The number of amides is 1. The third kappa shape index (κ3) is 3.25. The molecule has 1 saturated heterocycles. The lowest BCUT2D eigenvalue weighted by Gasteiger charge is -2.34. The van der Waals surface area contributed by atoms with Gasteiger partial charge in [0, 0.05) is 36.5 Å². The molecular formula is C19H24N4O3. The van der Waals surface area contributed by atoms with Gasteiger partial charge in [-0.1, -0.05) is 0 Å². The van der Waals surface area contributed by atoms with Crippen molar-refractivity contribution in [2.24, 2.45) is 5.92 Å². The summed E-state index contributed by atoms with van der Waals surface area (Å²) in [4.78, 5) is 23.2. The highest BCUT2D eigenvalue weighted by molar-refractivity contribution is 5.92. The monoisotopic (exact) mass is 356 g/mol. The Labute approximate surface area is 152 Å². The minimum absolute atomic E-state index is 0.169. The summed E-state index contributed by atoms with van der Waals surface area (Å²) in [5.41, 5.74) is 0.816. The van der Waals surface area contributed by atoms with Gasteiger partial charge < -0.3 is 19.7 Å². The molecule has 2 aliphatic rings. The van der Waals surface area contributed by atoms with Gasteiger partial charge in [0.2, 0.25) is 5.91 Å². The van der Waals surface area contributed by atoms with Crippen molar-refractivity contribution < 1.29 is 14.3 Å². The zero-order chi connectivity index (χ0) is 18.1. The van der Waals surface area contributed by atoms with Gasteiger partial charge in [-0.15, -0.1) is 0 Å². The van der Waals surface area contributed by atoms with Crippen LogP contribution in [0.25, 0.3) is 10.9 Å². The number of ether oxygens (including phenoxy) is 2. The first kappa shape index (κ1) is 16.9. The highest BCUT2D eigenvalue weighted by Gasteiger charge is 2.32. The fourth-order valence-corrected chi connectivity index (χ4v) is 3.57. The van der Waals surface area contributed by atoms with E-state index in [0.717, 1.165) is 55.5 Å². The summed E-state index contributed by atoms with van der Waals surface area (Å²) in [6.45, 7) is 1.68. The minimum Gasteiger partial charge on any atom is -0.493 e. The van der Waals surface area contributed by atoms with Crippen LogP contribution in [0.5, 0.6) is 11.5 Å². The Kier molecular flexibility index (Phi) is 4.53. The number of nitrogens with one attached hydrogen (secondary N) is 1. The Balaban J connectivity index is 1.61. The Hall–Kier alpha value is -2.57. The van der Waals surface area contributed by atoms with E-state index >= 15 is 0 Å². The molecular weight excluding hydrogens is 332 g/mol. The van der Waals surface area contributed by atoms with Gasteiger partial charge in [-0.2, -0.15) is 0 Å². The van der Waals surface area contributed by atoms with Crippen LogP contribution in [0.15, 0.2) is 18.5 Å². The molecule has 1 aromatic heterocycles. The molecule has 2 heterocycles. The zero-order valence-corrected chi connectivity index (χ0v) is 15.2. The second kappa shape index (κ2) is 6.97. The number of nitrogens with zero attached hydrogens (tertiary/aromatic N) is 3. The van der Waals surface area contributed by atoms with E-state index in [4.69, 9.17) is 9.47 Å². The van der Waals surface area contributed by atoms with Crippen molar-refractivity contribution >= 4 is 22.6 Å². The molecule has 1 unspecified atom stereocenters. The van der Waals surface area contributed by atoms with Crippen LogP contribution in [0.3, 0.4) is 0 Å². The molecule has 1 aromatic carbocycles. The van der Waals surface area contributed by atoms with Gasteiger partial charge in [-0.05, 0) is 31.7 Å². The molecule has 26 heavy (non-hydrogen) atoms. The fraction of sp³-hybridized carbons (Fsp3) is 0.526. The number of carbonyl (C=O) groups is 1. The first-order valence-corrected chi connectivity index (χ1v) is 9.11. The summed E-state index contributed by atoms with van der Waals surface area (Å²) >= 11 is 0. The quantitative estimate of drug-likeness (QED) is 0.885. The molecule has 1 atom stereocenters. The van der Waals surface area contributed by atoms with Crippen molar-refractivity contribution in [3.63, 3.8) is 0 Å². The van der Waals surface area contributed by atoms with Gasteiger partial charge in [0.25, 0.3) is 0 Å². The van der Waals surface area contributed by atoms with Crippen molar-refractivity contribution in [3.8, 4) is 11.5 Å². The summed E-state index contributed by atoms with van der Waals surface area (Å²) < 4.78 is 10.8. The molecule has 1 aliphatic heterocycles. The van der Waals surface area contributed by atoms with Crippen molar-refractivity contribution in [1.29, 1.82) is 0 Å². The number of piperidine rings is 1. The van der Waals surface area contributed by atoms with E-state index in [1.165, 1.54) is 0 Å². The van der Waals surface area contributed by atoms with E-state index in [0.29, 0.717) is 11.5 Å². The lowest BCUT2D eigenvalue weighted by atomic mass is 10.0. The molecule has 0 radical (unpaired) electrons. The summed E-state index contributed by atoms with van der Waals surface area (Å²) in [5.74, 6) is 2.63. The summed E-state index contributed by atoms with van der Waals surface area (Å²) in [6.07, 6.45) is 5.67. The molecule has 1 aliphatic carbocycles. The lowest BCUT2D eigenvalue weighted by Crippen LogP contribution is -2.48. The smallest absolute Gasteiger partial charge is 0.223 e. The van der Waals surface area contributed by atoms with Crippen LogP contribution in [0.2, 0.25) is 0 Å². The average Bonchev–Trinajstić information content (AvgIpc) is 3.52. The fourth-order valence-electron chi connectivity index (χ4n) is 3.57. The largest absolute Gasteiger partial charge is 0.493 e. The number of carbonyl (C=O) groups excluding carboxylic acids is 1. The number of hydrogen-bond donors (Lipinski definition) is 1. The second-order valence-corrected chi connectivity index (χ2v) is 6.99. The summed E-state index contributed by atoms with van der Waals surface area (Å²) in [7, 11) is 3.24. The van der Waals surface area contributed by atoms with E-state index in [9.17, 15) is 4.79 Å². The van der Waals surface area contributed by atoms with E-state index in [1.807, 2.05) is 12.1 Å². The Morgan fingerprint density at radius 3 is 2.65 bits per heavy atom. The number of hydrogen-bond acceptors (Lipinski definition) is 6. The van der Waals surface area contributed by atoms with Crippen molar-refractivity contribution in [3.05, 3.63) is 18.5 Å². The number of anilines is 1. The SMILES string of the molecule is COc1cc2ncnc(N3CCCC(NC(=O)C4CC4)C3)c2cc1OC. The molecule has 7 heteroatoms. The third-order valence-corrected chi connectivity index (χ3v) is 5.14. The zero-order valence-electron chi connectivity index (χ0n) is 15.2. The molecule has 0 spiro atoms. The lowest BCUT2D eigenvalue weighted by molar-refractivity contribution is -0.123. The first-order valence-electron chi connectivity index (χ1n) is 9.11. The minimum atomic E-state index is 0.169. The van der Waals surface area contributed by atoms with E-state index < -0.39 is 0 Å². The number of fused-ring (bicyclic) bond motifs is 1. The Morgan fingerprint density at radius 1 is 1.15 bits per heavy atom. The molecule has 1 N–H and O–H groups in total. The molecule has 1 saturated carbocycles. The number of aromatic nitrogens is 2. The predicted molar refractivity (Wildman–Crippen MR) is 98.7 cm³/mol. The van der Waals surface area contributed by atoms with Crippen LogP contribution in [0.4, 0.5) is 5.82 Å². The van der Waals surface area contributed by atoms with Gasteiger partial charge in [0.05, 0.1) is 19.7 Å². The molecule has 1 amide bonds. The maximum Gasteiger partial charge on any atom is 0.223 e. The molecule has 138 valence electrons. The third-order valence-electron chi connectivity index (χ3n) is 5.14. The Bertz CT molecular complexity index is 822. The van der Waals surface area contributed by atoms with Crippen LogP contribution in [-0.2, 0) is 4.79 Å². The maximum absolute atomic E-state index is 12.1. The predicted octanol–water partition coefficient (Wildman–Crippen LogP) is 2.14. The van der Waals surface area contributed by atoms with E-state index in [-0.39, 0.29) is 17.9 Å². The standard InChI is InChI=1S/C19H24N4O3/c1-25-16-8-14-15(9-17(16)26-2)20-11-21-18(14)23-7-3-4-13(10-23)22-19(24)12-5-6-12/h8-9,11-13H,3-7,10H2,1-2H3,(H,22,24). The first-order chi connectivity index (χ1) is 12.7. The highest BCUT2D eigenvalue weighted by Crippen LogP contribution is 2.35. The van der Waals surface area contributed by atoms with E-state index in [2.05, 4.69) is 20.2 Å². The average molecular weight is 356 g/mol. The van der Waals surface area contributed by atoms with Gasteiger partial charge in [-0.3, -0.25) is 4.79 Å². The van der Waals surface area contributed by atoms with Gasteiger partial charge in [-0.25, -0.2) is 9.97 Å². The summed E-state index contributed by atoms with van der Waals surface area (Å²) in [5, 5.41) is 4.13. The normalized spacial score (nSPS) is 20.1. The van der Waals surface area contributed by atoms with Gasteiger partial charge in [0.15, 0.2) is 11.5 Å². The number of methoxy groups -OCH3 is 2. The summed E-state index contributed by atoms with van der Waals surface area (Å²) in [6, 6.07) is 3.97. The molecule has 7 nitrogen and oxygen atoms in total. The van der Waals surface area contributed by atoms with Crippen LogP contribution < -0.4 is 19.7 Å². The molecule has 2 aromatic rings.